The molecule has 104 valence electrons. The number of hydrogen-bond donors (Lipinski definition) is 1. The Morgan fingerprint density at radius 2 is 1.89 bits per heavy atom. The molecule has 0 bridgehead atoms. The summed E-state index contributed by atoms with van der Waals surface area (Å²) >= 11 is 3.51. The standard InChI is InChI=1S/C15H21BrN2O/c16-14-10-11(17)4-5-15(14)19-13-6-8-18(9-7-13)12-2-1-3-12/h4-5,10,12-13H,1-3,6-9,17H2. The maximum atomic E-state index is 6.09. The van der Waals surface area contributed by atoms with Crippen LogP contribution in [0.2, 0.25) is 0 Å². The Bertz CT molecular complexity index is 440. The number of hydrogen-bond acceptors (Lipinski definition) is 3. The number of rotatable bonds is 3. The predicted molar refractivity (Wildman–Crippen MR) is 81.4 cm³/mol. The molecular weight excluding hydrogens is 304 g/mol. The lowest BCUT2D eigenvalue weighted by atomic mass is 9.90. The van der Waals surface area contributed by atoms with E-state index in [1.165, 1.54) is 32.4 Å². The van der Waals surface area contributed by atoms with Gasteiger partial charge in [0.25, 0.3) is 0 Å². The Hall–Kier alpha value is -0.740. The number of piperidine rings is 1. The van der Waals surface area contributed by atoms with Gasteiger partial charge in [0.05, 0.1) is 4.47 Å². The molecule has 3 nitrogen and oxygen atoms in total. The summed E-state index contributed by atoms with van der Waals surface area (Å²) in [4.78, 5) is 2.64. The van der Waals surface area contributed by atoms with Crippen molar-refractivity contribution in [2.24, 2.45) is 0 Å². The number of nitrogens with two attached hydrogens (primary N) is 1. The van der Waals surface area contributed by atoms with Crippen LogP contribution in [0.5, 0.6) is 5.75 Å². The molecular formula is C15H21BrN2O. The minimum atomic E-state index is 0.344. The summed E-state index contributed by atoms with van der Waals surface area (Å²) in [6.45, 7) is 2.36. The molecule has 0 amide bonds. The van der Waals surface area contributed by atoms with Crippen LogP contribution >= 0.6 is 15.9 Å². The fourth-order valence-electron chi connectivity index (χ4n) is 2.90. The second kappa shape index (κ2) is 5.71. The molecule has 0 aromatic heterocycles. The van der Waals surface area contributed by atoms with E-state index in [-0.39, 0.29) is 0 Å². The smallest absolute Gasteiger partial charge is 0.134 e. The lowest BCUT2D eigenvalue weighted by molar-refractivity contribution is 0.0490. The zero-order valence-corrected chi connectivity index (χ0v) is 12.7. The van der Waals surface area contributed by atoms with E-state index in [9.17, 15) is 0 Å². The van der Waals surface area contributed by atoms with Crippen LogP contribution in [-0.2, 0) is 0 Å². The van der Waals surface area contributed by atoms with E-state index in [0.717, 1.165) is 34.8 Å². The average Bonchev–Trinajstić information content (AvgIpc) is 2.33. The first kappa shape index (κ1) is 13.3. The maximum absolute atomic E-state index is 6.09. The molecule has 1 saturated carbocycles. The summed E-state index contributed by atoms with van der Waals surface area (Å²) in [5.74, 6) is 0.913. The van der Waals surface area contributed by atoms with Crippen molar-refractivity contribution < 1.29 is 4.74 Å². The molecule has 1 aromatic rings. The lowest BCUT2D eigenvalue weighted by Crippen LogP contribution is -2.46. The van der Waals surface area contributed by atoms with Crippen LogP contribution in [-0.4, -0.2) is 30.1 Å². The largest absolute Gasteiger partial charge is 0.489 e. The summed E-state index contributed by atoms with van der Waals surface area (Å²) in [7, 11) is 0. The minimum Gasteiger partial charge on any atom is -0.489 e. The van der Waals surface area contributed by atoms with Crippen LogP contribution in [0, 0.1) is 0 Å². The van der Waals surface area contributed by atoms with Gasteiger partial charge in [0.2, 0.25) is 0 Å². The summed E-state index contributed by atoms with van der Waals surface area (Å²) in [6.07, 6.45) is 6.82. The number of nitrogens with zero attached hydrogens (tertiary/aromatic N) is 1. The van der Waals surface area contributed by atoms with Crippen molar-refractivity contribution in [3.05, 3.63) is 22.7 Å². The molecule has 0 unspecified atom stereocenters. The van der Waals surface area contributed by atoms with Gasteiger partial charge >= 0.3 is 0 Å². The van der Waals surface area contributed by atoms with Crippen molar-refractivity contribution in [3.63, 3.8) is 0 Å². The third-order valence-electron chi connectivity index (χ3n) is 4.32. The SMILES string of the molecule is Nc1ccc(OC2CCN(C3CCC3)CC2)c(Br)c1. The molecule has 1 heterocycles. The van der Waals surface area contributed by atoms with E-state index in [0.29, 0.717) is 6.10 Å². The Kier molecular flexibility index (Phi) is 3.99. The Morgan fingerprint density at radius 1 is 1.16 bits per heavy atom. The van der Waals surface area contributed by atoms with Gasteiger partial charge in [-0.3, -0.25) is 0 Å². The third kappa shape index (κ3) is 3.06. The number of likely N-dealkylation sites (tertiary alicyclic amines) is 1. The zero-order valence-electron chi connectivity index (χ0n) is 11.1. The van der Waals surface area contributed by atoms with Crippen molar-refractivity contribution >= 4 is 21.6 Å². The summed E-state index contributed by atoms with van der Waals surface area (Å²) in [6, 6.07) is 6.62. The number of benzene rings is 1. The van der Waals surface area contributed by atoms with Gasteiger partial charge in [0.15, 0.2) is 0 Å². The highest BCUT2D eigenvalue weighted by Crippen LogP contribution is 2.31. The van der Waals surface area contributed by atoms with Crippen molar-refractivity contribution in [3.8, 4) is 5.75 Å². The molecule has 2 aliphatic rings. The van der Waals surface area contributed by atoms with E-state index in [4.69, 9.17) is 10.5 Å². The fraction of sp³-hybridized carbons (Fsp3) is 0.600. The molecule has 0 radical (unpaired) electrons. The third-order valence-corrected chi connectivity index (χ3v) is 4.94. The van der Waals surface area contributed by atoms with E-state index in [1.54, 1.807) is 0 Å². The van der Waals surface area contributed by atoms with Crippen LogP contribution < -0.4 is 10.5 Å². The summed E-state index contributed by atoms with van der Waals surface area (Å²) in [5.41, 5.74) is 6.50. The number of ether oxygens (including phenoxy) is 1. The highest BCUT2D eigenvalue weighted by Gasteiger charge is 2.29. The molecule has 0 atom stereocenters. The van der Waals surface area contributed by atoms with Crippen LogP contribution in [0.1, 0.15) is 32.1 Å². The van der Waals surface area contributed by atoms with Crippen molar-refractivity contribution in [2.45, 2.75) is 44.2 Å². The second-order valence-electron chi connectivity index (χ2n) is 5.63. The lowest BCUT2D eigenvalue weighted by Gasteiger charge is -2.41. The Morgan fingerprint density at radius 3 is 2.47 bits per heavy atom. The van der Waals surface area contributed by atoms with Crippen LogP contribution in [0.4, 0.5) is 5.69 Å². The van der Waals surface area contributed by atoms with Gasteiger partial charge in [0.1, 0.15) is 11.9 Å². The van der Waals surface area contributed by atoms with Gasteiger partial charge in [-0.25, -0.2) is 0 Å². The van der Waals surface area contributed by atoms with Gasteiger partial charge in [0, 0.05) is 24.8 Å². The quantitative estimate of drug-likeness (QED) is 0.866. The molecule has 1 saturated heterocycles. The number of anilines is 1. The molecule has 3 rings (SSSR count). The van der Waals surface area contributed by atoms with Crippen LogP contribution in [0.3, 0.4) is 0 Å². The van der Waals surface area contributed by atoms with E-state index in [1.807, 2.05) is 18.2 Å². The van der Waals surface area contributed by atoms with Gasteiger partial charge in [-0.1, -0.05) is 6.42 Å². The van der Waals surface area contributed by atoms with Crippen molar-refractivity contribution in [1.29, 1.82) is 0 Å². The zero-order chi connectivity index (χ0) is 13.2. The second-order valence-corrected chi connectivity index (χ2v) is 6.48. The molecule has 2 N–H and O–H groups in total. The molecule has 19 heavy (non-hydrogen) atoms. The molecule has 1 aromatic carbocycles. The number of nitrogen functional groups attached to an aromatic ring is 1. The van der Waals surface area contributed by atoms with Crippen molar-refractivity contribution in [2.75, 3.05) is 18.8 Å². The topological polar surface area (TPSA) is 38.5 Å². The maximum Gasteiger partial charge on any atom is 0.134 e. The molecule has 4 heteroatoms. The van der Waals surface area contributed by atoms with Gasteiger partial charge < -0.3 is 15.4 Å². The first-order valence-electron chi connectivity index (χ1n) is 7.18. The molecule has 1 aliphatic heterocycles. The van der Waals surface area contributed by atoms with Gasteiger partial charge in [-0.2, -0.15) is 0 Å². The summed E-state index contributed by atoms with van der Waals surface area (Å²) < 4.78 is 7.04. The summed E-state index contributed by atoms with van der Waals surface area (Å²) in [5, 5.41) is 0. The number of halogens is 1. The molecule has 0 spiro atoms. The monoisotopic (exact) mass is 324 g/mol. The average molecular weight is 325 g/mol. The van der Waals surface area contributed by atoms with Crippen LogP contribution in [0.25, 0.3) is 0 Å². The predicted octanol–water partition coefficient (Wildman–Crippen LogP) is 3.43. The Labute approximate surface area is 123 Å². The fourth-order valence-corrected chi connectivity index (χ4v) is 3.39. The van der Waals surface area contributed by atoms with E-state index in [2.05, 4.69) is 20.8 Å². The van der Waals surface area contributed by atoms with E-state index < -0.39 is 0 Å². The minimum absolute atomic E-state index is 0.344. The normalized spacial score (nSPS) is 22.2. The van der Waals surface area contributed by atoms with Crippen molar-refractivity contribution in [1.82, 2.24) is 4.90 Å². The first-order chi connectivity index (χ1) is 9.22. The Balaban J connectivity index is 1.54. The molecule has 1 aliphatic carbocycles. The first-order valence-corrected chi connectivity index (χ1v) is 7.97. The van der Waals surface area contributed by atoms with Gasteiger partial charge in [-0.05, 0) is 59.8 Å². The van der Waals surface area contributed by atoms with Gasteiger partial charge in [-0.15, -0.1) is 0 Å². The highest BCUT2D eigenvalue weighted by molar-refractivity contribution is 9.10. The van der Waals surface area contributed by atoms with E-state index >= 15 is 0 Å². The molecule has 2 fully saturated rings. The van der Waals surface area contributed by atoms with Crippen LogP contribution in [0.15, 0.2) is 22.7 Å². The highest BCUT2D eigenvalue weighted by atomic mass is 79.9.